The number of phenols is 2. The molecule has 7 heteroatoms. The maximum absolute atomic E-state index is 13.0. The number of rotatable bonds is 1. The third-order valence-electron chi connectivity index (χ3n) is 5.42. The minimum atomic E-state index is -1.93. The molecule has 0 heterocycles. The number of aliphatic hydroxyl groups is 2. The molecule has 0 fully saturated rings. The lowest BCUT2D eigenvalue weighted by Crippen LogP contribution is -2.48. The molecule has 7 nitrogen and oxygen atoms in total. The summed E-state index contributed by atoms with van der Waals surface area (Å²) in [6.45, 7) is 1.16. The zero-order valence-electron chi connectivity index (χ0n) is 14.3. The first-order valence-corrected chi connectivity index (χ1v) is 8.37. The van der Waals surface area contributed by atoms with Gasteiger partial charge in [0.25, 0.3) is 0 Å². The zero-order chi connectivity index (χ0) is 19.7. The summed E-state index contributed by atoms with van der Waals surface area (Å²) in [5, 5.41) is 41.9. The summed E-state index contributed by atoms with van der Waals surface area (Å²) in [4.78, 5) is 37.8. The van der Waals surface area contributed by atoms with Gasteiger partial charge in [-0.1, -0.05) is 12.1 Å². The maximum atomic E-state index is 13.0. The molecule has 2 aromatic carbocycles. The molecule has 2 aliphatic rings. The number of aromatic hydroxyl groups is 2. The summed E-state index contributed by atoms with van der Waals surface area (Å²) >= 11 is 0. The number of hydrogen-bond acceptors (Lipinski definition) is 7. The van der Waals surface area contributed by atoms with Gasteiger partial charge in [-0.25, -0.2) is 0 Å². The zero-order valence-corrected chi connectivity index (χ0v) is 14.3. The average molecular weight is 368 g/mol. The van der Waals surface area contributed by atoms with Gasteiger partial charge in [0.15, 0.2) is 17.3 Å². The molecule has 27 heavy (non-hydrogen) atoms. The molecule has 138 valence electrons. The van der Waals surface area contributed by atoms with Gasteiger partial charge < -0.3 is 20.4 Å². The lowest BCUT2D eigenvalue weighted by atomic mass is 9.69. The topological polar surface area (TPSA) is 132 Å². The van der Waals surface area contributed by atoms with Crippen LogP contribution in [0.25, 0.3) is 10.8 Å². The smallest absolute Gasteiger partial charge is 0.196 e. The van der Waals surface area contributed by atoms with Gasteiger partial charge in [0.1, 0.15) is 17.1 Å². The number of hydrogen-bond donors (Lipinski definition) is 4. The number of benzene rings is 2. The SMILES string of the molecule is CC(=O)[C@]1(O)CC2=C(C(=O)c3c(cc4cccc(O)c4c3O)C2=O)[C@@H](O)C1. The highest BCUT2D eigenvalue weighted by molar-refractivity contribution is 6.30. The monoisotopic (exact) mass is 368 g/mol. The van der Waals surface area contributed by atoms with Crippen molar-refractivity contribution in [3.8, 4) is 11.5 Å². The Morgan fingerprint density at radius 2 is 1.89 bits per heavy atom. The lowest BCUT2D eigenvalue weighted by Gasteiger charge is -2.37. The van der Waals surface area contributed by atoms with Gasteiger partial charge in [-0.15, -0.1) is 0 Å². The van der Waals surface area contributed by atoms with Crippen molar-refractivity contribution < 1.29 is 34.8 Å². The molecule has 4 N–H and O–H groups in total. The maximum Gasteiger partial charge on any atom is 0.196 e. The number of aliphatic hydroxyl groups excluding tert-OH is 1. The predicted molar refractivity (Wildman–Crippen MR) is 93.8 cm³/mol. The summed E-state index contributed by atoms with van der Waals surface area (Å²) in [5.74, 6) is -2.78. The molecule has 0 amide bonds. The van der Waals surface area contributed by atoms with Crippen LogP contribution in [0.2, 0.25) is 0 Å². The van der Waals surface area contributed by atoms with Gasteiger partial charge in [-0.3, -0.25) is 14.4 Å². The van der Waals surface area contributed by atoms with E-state index in [1.165, 1.54) is 18.2 Å². The Morgan fingerprint density at radius 3 is 2.56 bits per heavy atom. The fraction of sp³-hybridized carbons (Fsp3) is 0.250. The summed E-state index contributed by atoms with van der Waals surface area (Å²) in [7, 11) is 0. The van der Waals surface area contributed by atoms with Crippen LogP contribution in [-0.2, 0) is 4.79 Å². The number of fused-ring (bicyclic) bond motifs is 2. The van der Waals surface area contributed by atoms with Crippen molar-refractivity contribution in [3.63, 3.8) is 0 Å². The van der Waals surface area contributed by atoms with Gasteiger partial charge >= 0.3 is 0 Å². The number of carbonyl (C=O) groups is 3. The molecule has 0 saturated carbocycles. The average Bonchev–Trinajstić information content (AvgIpc) is 2.58. The molecule has 0 radical (unpaired) electrons. The Balaban J connectivity index is 1.99. The molecule has 2 aliphatic carbocycles. The minimum Gasteiger partial charge on any atom is -0.507 e. The first-order valence-electron chi connectivity index (χ1n) is 8.37. The van der Waals surface area contributed by atoms with Crippen molar-refractivity contribution in [2.75, 3.05) is 0 Å². The quantitative estimate of drug-likeness (QED) is 0.598. The third kappa shape index (κ3) is 2.25. The van der Waals surface area contributed by atoms with Gasteiger partial charge in [-0.05, 0) is 24.4 Å². The normalized spacial score (nSPS) is 24.8. The minimum absolute atomic E-state index is 0.0343. The van der Waals surface area contributed by atoms with Gasteiger partial charge in [0.05, 0.1) is 17.1 Å². The van der Waals surface area contributed by atoms with E-state index in [2.05, 4.69) is 0 Å². The molecule has 2 aromatic rings. The van der Waals surface area contributed by atoms with E-state index in [0.29, 0.717) is 5.39 Å². The van der Waals surface area contributed by atoms with Crippen molar-refractivity contribution in [3.05, 3.63) is 46.5 Å². The van der Waals surface area contributed by atoms with Crippen molar-refractivity contribution >= 4 is 28.1 Å². The second-order valence-electron chi connectivity index (χ2n) is 7.06. The van der Waals surface area contributed by atoms with E-state index in [4.69, 9.17) is 0 Å². The van der Waals surface area contributed by atoms with E-state index in [1.54, 1.807) is 6.07 Å². The Hall–Kier alpha value is -3.03. The van der Waals surface area contributed by atoms with E-state index in [-0.39, 0.29) is 39.8 Å². The molecular formula is C20H16O7. The second kappa shape index (κ2) is 5.48. The lowest BCUT2D eigenvalue weighted by molar-refractivity contribution is -0.138. The van der Waals surface area contributed by atoms with E-state index in [9.17, 15) is 34.8 Å². The molecule has 0 aromatic heterocycles. The molecule has 0 saturated heterocycles. The molecule has 0 aliphatic heterocycles. The van der Waals surface area contributed by atoms with Crippen molar-refractivity contribution in [1.82, 2.24) is 0 Å². The third-order valence-corrected chi connectivity index (χ3v) is 5.42. The van der Waals surface area contributed by atoms with Gasteiger partial charge in [-0.2, -0.15) is 0 Å². The summed E-state index contributed by atoms with van der Waals surface area (Å²) in [5.41, 5.74) is -2.65. The first kappa shape index (κ1) is 17.4. The summed E-state index contributed by atoms with van der Waals surface area (Å²) < 4.78 is 0. The van der Waals surface area contributed by atoms with Crippen LogP contribution in [0.3, 0.4) is 0 Å². The second-order valence-corrected chi connectivity index (χ2v) is 7.06. The largest absolute Gasteiger partial charge is 0.507 e. The predicted octanol–water partition coefficient (Wildman–Crippen LogP) is 1.40. The fourth-order valence-corrected chi connectivity index (χ4v) is 3.96. The van der Waals surface area contributed by atoms with E-state index < -0.39 is 41.2 Å². The van der Waals surface area contributed by atoms with Gasteiger partial charge in [0, 0.05) is 29.6 Å². The number of Topliss-reactive ketones (excluding diaryl/α,β-unsaturated/α-hetero) is 3. The highest BCUT2D eigenvalue weighted by Crippen LogP contribution is 2.45. The molecular weight excluding hydrogens is 352 g/mol. The van der Waals surface area contributed by atoms with Crippen molar-refractivity contribution in [2.45, 2.75) is 31.5 Å². The summed E-state index contributed by atoms with van der Waals surface area (Å²) in [6, 6.07) is 5.82. The molecule has 2 atom stereocenters. The Labute approximate surface area is 153 Å². The number of carbonyl (C=O) groups excluding carboxylic acids is 3. The van der Waals surface area contributed by atoms with Crippen molar-refractivity contribution in [2.24, 2.45) is 0 Å². The Morgan fingerprint density at radius 1 is 1.19 bits per heavy atom. The van der Waals surface area contributed by atoms with E-state index in [1.807, 2.05) is 0 Å². The molecule has 0 bridgehead atoms. The van der Waals surface area contributed by atoms with Crippen LogP contribution in [0.15, 0.2) is 35.4 Å². The van der Waals surface area contributed by atoms with Crippen LogP contribution in [-0.4, -0.2) is 49.5 Å². The summed E-state index contributed by atoms with van der Waals surface area (Å²) in [6.07, 6.45) is -2.31. The molecule has 0 spiro atoms. The number of phenolic OH excluding ortho intramolecular Hbond substituents is 2. The van der Waals surface area contributed by atoms with Crippen LogP contribution in [0.5, 0.6) is 11.5 Å². The van der Waals surface area contributed by atoms with Crippen LogP contribution >= 0.6 is 0 Å². The molecule has 4 rings (SSSR count). The fourth-order valence-electron chi connectivity index (χ4n) is 3.96. The van der Waals surface area contributed by atoms with Crippen LogP contribution in [0, 0.1) is 0 Å². The Bertz CT molecular complexity index is 1100. The first-order chi connectivity index (χ1) is 12.7. The van der Waals surface area contributed by atoms with Crippen LogP contribution in [0.1, 0.15) is 40.5 Å². The van der Waals surface area contributed by atoms with E-state index >= 15 is 0 Å². The van der Waals surface area contributed by atoms with Gasteiger partial charge in [0.2, 0.25) is 0 Å². The molecule has 0 unspecified atom stereocenters. The van der Waals surface area contributed by atoms with Crippen LogP contribution in [0.4, 0.5) is 0 Å². The standard InChI is InChI=1S/C20H16O7/c1-8(21)20(27)6-11-15(13(23)7-20)19(26)16-10(17(11)24)5-9-3-2-4-12(22)14(9)18(16)25/h2-5,13,22-23,25,27H,6-7H2,1H3/t13-,20-/m0/s1. The highest BCUT2D eigenvalue weighted by atomic mass is 16.3. The number of ketones is 3. The van der Waals surface area contributed by atoms with Crippen molar-refractivity contribution in [1.29, 1.82) is 0 Å². The Kier molecular flexibility index (Phi) is 3.53. The van der Waals surface area contributed by atoms with E-state index in [0.717, 1.165) is 6.92 Å². The highest BCUT2D eigenvalue weighted by Gasteiger charge is 2.48. The van der Waals surface area contributed by atoms with Crippen LogP contribution < -0.4 is 0 Å².